The Morgan fingerprint density at radius 3 is 2.81 bits per heavy atom. The van der Waals surface area contributed by atoms with E-state index in [4.69, 9.17) is 0 Å². The Kier molecular flexibility index (Phi) is 5.35. The lowest BCUT2D eigenvalue weighted by molar-refractivity contribution is 0.173. The summed E-state index contributed by atoms with van der Waals surface area (Å²) in [5, 5.41) is 10.2. The van der Waals surface area contributed by atoms with E-state index in [2.05, 4.69) is 6.92 Å². The average molecular weight is 329 g/mol. The van der Waals surface area contributed by atoms with E-state index in [1.54, 1.807) is 40.3 Å². The van der Waals surface area contributed by atoms with Crippen LogP contribution in [0.4, 0.5) is 0 Å². The van der Waals surface area contributed by atoms with Gasteiger partial charge in [-0.3, -0.25) is 0 Å². The molecule has 21 heavy (non-hydrogen) atoms. The van der Waals surface area contributed by atoms with E-state index in [0.29, 0.717) is 18.5 Å². The normalized spacial score (nSPS) is 25.7. The molecule has 1 aromatic carbocycles. The molecule has 2 rings (SSSR count). The molecule has 118 valence electrons. The highest BCUT2D eigenvalue weighted by Gasteiger charge is 2.35. The molecule has 0 spiro atoms. The molecular formula is C15H23NO3S2. The molecule has 1 heterocycles. The number of sulfonamides is 1. The van der Waals surface area contributed by atoms with Crippen LogP contribution in [0.25, 0.3) is 0 Å². The van der Waals surface area contributed by atoms with Crippen molar-refractivity contribution in [1.82, 2.24) is 4.31 Å². The van der Waals surface area contributed by atoms with Gasteiger partial charge < -0.3 is 5.11 Å². The van der Waals surface area contributed by atoms with Gasteiger partial charge in [-0.15, -0.1) is 0 Å². The van der Waals surface area contributed by atoms with Crippen molar-refractivity contribution in [3.63, 3.8) is 0 Å². The summed E-state index contributed by atoms with van der Waals surface area (Å²) in [6, 6.07) is 6.66. The van der Waals surface area contributed by atoms with Crippen LogP contribution < -0.4 is 0 Å². The summed E-state index contributed by atoms with van der Waals surface area (Å²) in [6.07, 6.45) is -0.0505. The first-order valence-corrected chi connectivity index (χ1v) is 9.78. The lowest BCUT2D eigenvalue weighted by Gasteiger charge is -2.36. The maximum atomic E-state index is 12.8. The first kappa shape index (κ1) is 16.8. The maximum absolute atomic E-state index is 12.8. The third-order valence-corrected chi connectivity index (χ3v) is 7.38. The minimum Gasteiger partial charge on any atom is -0.388 e. The number of aliphatic hydroxyl groups excluding tert-OH is 1. The summed E-state index contributed by atoms with van der Waals surface area (Å²) < 4.78 is 27.3. The first-order chi connectivity index (χ1) is 9.87. The second-order valence-electron chi connectivity index (χ2n) is 5.43. The van der Waals surface area contributed by atoms with Crippen molar-refractivity contribution in [2.24, 2.45) is 0 Å². The van der Waals surface area contributed by atoms with Crippen molar-refractivity contribution < 1.29 is 13.5 Å². The van der Waals surface area contributed by atoms with Crippen molar-refractivity contribution in [2.75, 3.05) is 12.3 Å². The number of rotatable bonds is 4. The highest BCUT2D eigenvalue weighted by atomic mass is 32.2. The van der Waals surface area contributed by atoms with Gasteiger partial charge in [0.15, 0.2) is 0 Å². The number of nitrogens with zero attached hydrogens (tertiary/aromatic N) is 1. The molecule has 1 aliphatic heterocycles. The van der Waals surface area contributed by atoms with Crippen LogP contribution in [0.1, 0.15) is 38.9 Å². The van der Waals surface area contributed by atoms with Gasteiger partial charge in [0, 0.05) is 23.6 Å². The molecule has 0 radical (unpaired) electrons. The second-order valence-corrected chi connectivity index (χ2v) is 8.80. The summed E-state index contributed by atoms with van der Waals surface area (Å²) in [5.41, 5.74) is 0.658. The molecule has 3 atom stereocenters. The largest absolute Gasteiger partial charge is 0.388 e. The fourth-order valence-electron chi connectivity index (χ4n) is 2.50. The topological polar surface area (TPSA) is 57.6 Å². The molecule has 1 aromatic rings. The van der Waals surface area contributed by atoms with Gasteiger partial charge in [0.2, 0.25) is 10.0 Å². The Bertz CT molecular complexity index is 588. The Balaban J connectivity index is 2.35. The zero-order chi connectivity index (χ0) is 15.6. The van der Waals surface area contributed by atoms with Gasteiger partial charge in [-0.2, -0.15) is 16.1 Å². The van der Waals surface area contributed by atoms with Crippen molar-refractivity contribution in [2.45, 2.75) is 49.5 Å². The predicted octanol–water partition coefficient (Wildman–Crippen LogP) is 2.64. The molecule has 0 aromatic heterocycles. The summed E-state index contributed by atoms with van der Waals surface area (Å²) in [5.74, 6) is 0.821. The Morgan fingerprint density at radius 2 is 2.14 bits per heavy atom. The van der Waals surface area contributed by atoms with E-state index in [-0.39, 0.29) is 16.2 Å². The van der Waals surface area contributed by atoms with Gasteiger partial charge in [0.1, 0.15) is 0 Å². The SMILES string of the molecule is CCC(O)c1cccc(S(=O)(=O)N2CCSC(C)C2C)c1. The lowest BCUT2D eigenvalue weighted by atomic mass is 10.1. The molecule has 6 heteroatoms. The summed E-state index contributed by atoms with van der Waals surface area (Å²) in [4.78, 5) is 0.276. The van der Waals surface area contributed by atoms with Crippen molar-refractivity contribution in [3.05, 3.63) is 29.8 Å². The van der Waals surface area contributed by atoms with Gasteiger partial charge in [-0.25, -0.2) is 8.42 Å². The molecule has 1 N–H and O–H groups in total. The van der Waals surface area contributed by atoms with E-state index < -0.39 is 16.1 Å². The minimum atomic E-state index is -3.50. The molecule has 0 amide bonds. The number of aliphatic hydroxyl groups is 1. The number of hydrogen-bond acceptors (Lipinski definition) is 4. The van der Waals surface area contributed by atoms with Gasteiger partial charge in [0.25, 0.3) is 0 Å². The van der Waals surface area contributed by atoms with Gasteiger partial charge in [0.05, 0.1) is 11.0 Å². The number of hydrogen-bond donors (Lipinski definition) is 1. The molecule has 0 saturated carbocycles. The van der Waals surface area contributed by atoms with E-state index in [1.807, 2.05) is 13.8 Å². The number of thioether (sulfide) groups is 1. The highest BCUT2D eigenvalue weighted by Crippen LogP contribution is 2.30. The van der Waals surface area contributed by atoms with Gasteiger partial charge in [-0.1, -0.05) is 26.0 Å². The molecule has 1 saturated heterocycles. The maximum Gasteiger partial charge on any atom is 0.243 e. The second kappa shape index (κ2) is 6.69. The van der Waals surface area contributed by atoms with E-state index in [9.17, 15) is 13.5 Å². The van der Waals surface area contributed by atoms with Crippen LogP contribution in [0.3, 0.4) is 0 Å². The Morgan fingerprint density at radius 1 is 1.43 bits per heavy atom. The Hall–Kier alpha value is -0.560. The fourth-order valence-corrected chi connectivity index (χ4v) is 5.55. The standard InChI is InChI=1S/C15H23NO3S2/c1-4-15(17)13-6-5-7-14(10-13)21(18,19)16-8-9-20-12(3)11(16)2/h5-7,10-12,15,17H,4,8-9H2,1-3H3. The van der Waals surface area contributed by atoms with Crippen molar-refractivity contribution in [1.29, 1.82) is 0 Å². The van der Waals surface area contributed by atoms with Crippen LogP contribution in [0, 0.1) is 0 Å². The molecule has 1 aliphatic rings. The zero-order valence-electron chi connectivity index (χ0n) is 12.7. The minimum absolute atomic E-state index is 0.0199. The average Bonchev–Trinajstić information content (AvgIpc) is 2.49. The summed E-state index contributed by atoms with van der Waals surface area (Å²) >= 11 is 1.81. The van der Waals surface area contributed by atoms with E-state index in [1.165, 1.54) is 0 Å². The van der Waals surface area contributed by atoms with Crippen molar-refractivity contribution in [3.8, 4) is 0 Å². The summed E-state index contributed by atoms with van der Waals surface area (Å²) in [7, 11) is -3.50. The van der Waals surface area contributed by atoms with E-state index in [0.717, 1.165) is 5.75 Å². The molecule has 4 nitrogen and oxygen atoms in total. The van der Waals surface area contributed by atoms with Crippen LogP contribution in [0.15, 0.2) is 29.2 Å². The molecule has 0 bridgehead atoms. The molecule has 1 fully saturated rings. The quantitative estimate of drug-likeness (QED) is 0.922. The van der Waals surface area contributed by atoms with Gasteiger partial charge >= 0.3 is 0 Å². The van der Waals surface area contributed by atoms with E-state index >= 15 is 0 Å². The third-order valence-electron chi connectivity index (χ3n) is 4.06. The molecular weight excluding hydrogens is 306 g/mol. The van der Waals surface area contributed by atoms with Gasteiger partial charge in [-0.05, 0) is 31.0 Å². The predicted molar refractivity (Wildman–Crippen MR) is 87.0 cm³/mol. The smallest absolute Gasteiger partial charge is 0.243 e. The Labute approximate surface area is 131 Å². The van der Waals surface area contributed by atoms with Crippen LogP contribution in [-0.2, 0) is 10.0 Å². The van der Waals surface area contributed by atoms with Crippen LogP contribution in [0.2, 0.25) is 0 Å². The highest BCUT2D eigenvalue weighted by molar-refractivity contribution is 8.00. The van der Waals surface area contributed by atoms with Crippen LogP contribution >= 0.6 is 11.8 Å². The van der Waals surface area contributed by atoms with Crippen molar-refractivity contribution >= 4 is 21.8 Å². The first-order valence-electron chi connectivity index (χ1n) is 7.29. The lowest BCUT2D eigenvalue weighted by Crippen LogP contribution is -2.47. The third kappa shape index (κ3) is 3.44. The van der Waals surface area contributed by atoms with Crippen LogP contribution in [0.5, 0.6) is 0 Å². The molecule has 3 unspecified atom stereocenters. The summed E-state index contributed by atoms with van der Waals surface area (Å²) in [6.45, 7) is 6.43. The van der Waals surface area contributed by atoms with Crippen LogP contribution in [-0.4, -0.2) is 41.4 Å². The fraction of sp³-hybridized carbons (Fsp3) is 0.600. The zero-order valence-corrected chi connectivity index (χ0v) is 14.3. The monoisotopic (exact) mass is 329 g/mol. The molecule has 0 aliphatic carbocycles. The number of benzene rings is 1.